The molecule has 20 heavy (non-hydrogen) atoms. The zero-order valence-electron chi connectivity index (χ0n) is 11.2. The van der Waals surface area contributed by atoms with E-state index in [-0.39, 0.29) is 18.3 Å². The average Bonchev–Trinajstić information content (AvgIpc) is 2.44. The van der Waals surface area contributed by atoms with Gasteiger partial charge in [-0.2, -0.15) is 0 Å². The van der Waals surface area contributed by atoms with E-state index in [2.05, 4.69) is 15.3 Å². The monoisotopic (exact) mass is 291 g/mol. The maximum absolute atomic E-state index is 13.0. The molecule has 0 aliphatic rings. The van der Waals surface area contributed by atoms with Crippen molar-refractivity contribution in [2.75, 3.05) is 6.26 Å². The SMILES string of the molecule is CSc1nc(C)cc(C(=O)NCc2cccc(F)c2)n1. The minimum absolute atomic E-state index is 0.258. The normalized spacial score (nSPS) is 10.3. The van der Waals surface area contributed by atoms with Crippen molar-refractivity contribution < 1.29 is 9.18 Å². The van der Waals surface area contributed by atoms with Crippen LogP contribution in [0, 0.1) is 12.7 Å². The highest BCUT2D eigenvalue weighted by atomic mass is 32.2. The van der Waals surface area contributed by atoms with E-state index in [1.165, 1.54) is 23.9 Å². The Morgan fingerprint density at radius 3 is 2.85 bits per heavy atom. The van der Waals surface area contributed by atoms with E-state index in [0.717, 1.165) is 5.69 Å². The Labute approximate surface area is 120 Å². The molecule has 0 saturated heterocycles. The lowest BCUT2D eigenvalue weighted by Crippen LogP contribution is -2.24. The molecule has 1 heterocycles. The van der Waals surface area contributed by atoms with Gasteiger partial charge in [0.1, 0.15) is 11.5 Å². The highest BCUT2D eigenvalue weighted by Crippen LogP contribution is 2.10. The maximum Gasteiger partial charge on any atom is 0.270 e. The smallest absolute Gasteiger partial charge is 0.270 e. The van der Waals surface area contributed by atoms with E-state index in [9.17, 15) is 9.18 Å². The molecule has 104 valence electrons. The summed E-state index contributed by atoms with van der Waals surface area (Å²) in [5, 5.41) is 3.27. The molecule has 2 aromatic rings. The van der Waals surface area contributed by atoms with Gasteiger partial charge in [0.15, 0.2) is 5.16 Å². The molecule has 6 heteroatoms. The van der Waals surface area contributed by atoms with Crippen LogP contribution in [-0.2, 0) is 6.54 Å². The Kier molecular flexibility index (Phi) is 4.68. The number of thioether (sulfide) groups is 1. The van der Waals surface area contributed by atoms with Crippen LogP contribution < -0.4 is 5.32 Å². The summed E-state index contributed by atoms with van der Waals surface area (Å²) in [6.45, 7) is 2.07. The van der Waals surface area contributed by atoms with Gasteiger partial charge in [-0.1, -0.05) is 23.9 Å². The molecule has 0 atom stereocenters. The summed E-state index contributed by atoms with van der Waals surface area (Å²) in [6.07, 6.45) is 1.85. The summed E-state index contributed by atoms with van der Waals surface area (Å²) in [5.41, 5.74) is 1.76. The van der Waals surface area contributed by atoms with Gasteiger partial charge in [0.25, 0.3) is 5.91 Å². The number of carbonyl (C=O) groups is 1. The molecular formula is C14H14FN3OS. The second-order valence-corrected chi connectivity index (χ2v) is 4.97. The van der Waals surface area contributed by atoms with Crippen molar-refractivity contribution in [2.24, 2.45) is 0 Å². The number of nitrogens with zero attached hydrogens (tertiary/aromatic N) is 2. The lowest BCUT2D eigenvalue weighted by atomic mass is 10.2. The van der Waals surface area contributed by atoms with Gasteiger partial charge in [0.05, 0.1) is 0 Å². The van der Waals surface area contributed by atoms with E-state index in [1.807, 2.05) is 13.2 Å². The third kappa shape index (κ3) is 3.77. The lowest BCUT2D eigenvalue weighted by Gasteiger charge is -2.06. The van der Waals surface area contributed by atoms with E-state index in [0.29, 0.717) is 16.4 Å². The van der Waals surface area contributed by atoms with Gasteiger partial charge in [0, 0.05) is 12.2 Å². The van der Waals surface area contributed by atoms with Crippen molar-refractivity contribution in [3.05, 3.63) is 53.1 Å². The van der Waals surface area contributed by atoms with Crippen molar-refractivity contribution in [2.45, 2.75) is 18.6 Å². The first-order valence-electron chi connectivity index (χ1n) is 6.01. The minimum Gasteiger partial charge on any atom is -0.347 e. The number of amides is 1. The first kappa shape index (κ1) is 14.5. The fraction of sp³-hybridized carbons (Fsp3) is 0.214. The first-order valence-corrected chi connectivity index (χ1v) is 7.23. The van der Waals surface area contributed by atoms with Gasteiger partial charge in [-0.25, -0.2) is 14.4 Å². The molecule has 0 spiro atoms. The van der Waals surface area contributed by atoms with Gasteiger partial charge in [-0.05, 0) is 36.9 Å². The number of carbonyl (C=O) groups excluding carboxylic acids is 1. The van der Waals surface area contributed by atoms with Crippen LogP contribution >= 0.6 is 11.8 Å². The molecule has 0 bridgehead atoms. The number of aromatic nitrogens is 2. The maximum atomic E-state index is 13.0. The summed E-state index contributed by atoms with van der Waals surface area (Å²) in [6, 6.07) is 7.74. The van der Waals surface area contributed by atoms with Gasteiger partial charge in [-0.3, -0.25) is 4.79 Å². The van der Waals surface area contributed by atoms with Gasteiger partial charge in [-0.15, -0.1) is 0 Å². The molecule has 0 saturated carbocycles. The Balaban J connectivity index is 2.07. The molecule has 0 aliphatic heterocycles. The van der Waals surface area contributed by atoms with Crippen LogP contribution in [0.4, 0.5) is 4.39 Å². The number of rotatable bonds is 4. The van der Waals surface area contributed by atoms with E-state index in [4.69, 9.17) is 0 Å². The Morgan fingerprint density at radius 1 is 1.35 bits per heavy atom. The van der Waals surface area contributed by atoms with Crippen molar-refractivity contribution >= 4 is 17.7 Å². The van der Waals surface area contributed by atoms with Crippen molar-refractivity contribution in [3.8, 4) is 0 Å². The summed E-state index contributed by atoms with van der Waals surface area (Å²) in [7, 11) is 0. The number of hydrogen-bond donors (Lipinski definition) is 1. The summed E-state index contributed by atoms with van der Waals surface area (Å²) in [4.78, 5) is 20.4. The van der Waals surface area contributed by atoms with Crippen LogP contribution in [0.15, 0.2) is 35.5 Å². The molecule has 1 aromatic heterocycles. The second kappa shape index (κ2) is 6.47. The van der Waals surface area contributed by atoms with Crippen molar-refractivity contribution in [3.63, 3.8) is 0 Å². The molecule has 1 amide bonds. The topological polar surface area (TPSA) is 54.9 Å². The standard InChI is InChI=1S/C14H14FN3OS/c1-9-6-12(18-14(17-9)20-2)13(19)16-8-10-4-3-5-11(15)7-10/h3-7H,8H2,1-2H3,(H,16,19). The Hall–Kier alpha value is -1.95. The first-order chi connectivity index (χ1) is 9.58. The summed E-state index contributed by atoms with van der Waals surface area (Å²) >= 11 is 1.38. The van der Waals surface area contributed by atoms with Crippen molar-refractivity contribution in [1.82, 2.24) is 15.3 Å². The quantitative estimate of drug-likeness (QED) is 0.695. The average molecular weight is 291 g/mol. The van der Waals surface area contributed by atoms with Gasteiger partial charge >= 0.3 is 0 Å². The molecule has 0 unspecified atom stereocenters. The number of aryl methyl sites for hydroxylation is 1. The molecule has 0 fully saturated rings. The zero-order valence-corrected chi connectivity index (χ0v) is 12.0. The molecular weight excluding hydrogens is 277 g/mol. The van der Waals surface area contributed by atoms with E-state index in [1.54, 1.807) is 18.2 Å². The molecule has 1 N–H and O–H groups in total. The van der Waals surface area contributed by atoms with Crippen LogP contribution in [-0.4, -0.2) is 22.1 Å². The van der Waals surface area contributed by atoms with Gasteiger partial charge in [0.2, 0.25) is 0 Å². The largest absolute Gasteiger partial charge is 0.347 e. The highest BCUT2D eigenvalue weighted by molar-refractivity contribution is 7.98. The molecule has 2 rings (SSSR count). The second-order valence-electron chi connectivity index (χ2n) is 4.19. The van der Waals surface area contributed by atoms with Crippen LogP contribution in [0.5, 0.6) is 0 Å². The molecule has 0 radical (unpaired) electrons. The third-order valence-corrected chi connectivity index (χ3v) is 3.14. The highest BCUT2D eigenvalue weighted by Gasteiger charge is 2.10. The Morgan fingerprint density at radius 2 is 2.15 bits per heavy atom. The summed E-state index contributed by atoms with van der Waals surface area (Å²) < 4.78 is 13.0. The predicted octanol–water partition coefficient (Wildman–Crippen LogP) is 2.58. The molecule has 1 aromatic carbocycles. The number of benzene rings is 1. The van der Waals surface area contributed by atoms with Gasteiger partial charge < -0.3 is 5.32 Å². The van der Waals surface area contributed by atoms with Crippen LogP contribution in [0.3, 0.4) is 0 Å². The fourth-order valence-electron chi connectivity index (χ4n) is 1.67. The van der Waals surface area contributed by atoms with E-state index >= 15 is 0 Å². The minimum atomic E-state index is -0.320. The lowest BCUT2D eigenvalue weighted by molar-refractivity contribution is 0.0944. The van der Waals surface area contributed by atoms with E-state index < -0.39 is 0 Å². The Bertz CT molecular complexity index is 634. The fourth-order valence-corrected chi connectivity index (χ4v) is 2.09. The van der Waals surface area contributed by atoms with Crippen LogP contribution in [0.25, 0.3) is 0 Å². The zero-order chi connectivity index (χ0) is 14.5. The number of hydrogen-bond acceptors (Lipinski definition) is 4. The summed E-state index contributed by atoms with van der Waals surface area (Å²) in [5.74, 6) is -0.616. The number of halogens is 1. The van der Waals surface area contributed by atoms with Crippen LogP contribution in [0.1, 0.15) is 21.7 Å². The number of nitrogens with one attached hydrogen (secondary N) is 1. The predicted molar refractivity (Wildman–Crippen MR) is 76.1 cm³/mol. The third-order valence-electron chi connectivity index (χ3n) is 2.59. The molecule has 4 nitrogen and oxygen atoms in total. The van der Waals surface area contributed by atoms with Crippen molar-refractivity contribution in [1.29, 1.82) is 0 Å². The molecule has 0 aliphatic carbocycles. The van der Waals surface area contributed by atoms with Crippen LogP contribution in [0.2, 0.25) is 0 Å².